The van der Waals surface area contributed by atoms with Crippen molar-refractivity contribution < 1.29 is 50.7 Å². The second-order valence-electron chi connectivity index (χ2n) is 10.5. The zero-order valence-corrected chi connectivity index (χ0v) is 26.0. The Morgan fingerprint density at radius 3 is 2.06 bits per heavy atom. The molecule has 254 valence electrons. The number of hydrogen-bond acceptors (Lipinski definition) is 8. The molecule has 4 aromatic rings. The molecule has 3 amide bonds. The smallest absolute Gasteiger partial charge is 0.475 e. The van der Waals surface area contributed by atoms with Gasteiger partial charge in [0.15, 0.2) is 0 Å². The minimum Gasteiger partial charge on any atom is -0.475 e. The van der Waals surface area contributed by atoms with E-state index in [-0.39, 0.29) is 24.6 Å². The van der Waals surface area contributed by atoms with Crippen molar-refractivity contribution in [2.45, 2.75) is 49.7 Å². The number of carboxylic acid groups (broad SMARTS) is 1. The molecular formula is C31H30F3N5O8S. The number of carbonyl (C=O) groups is 3. The Labute approximate surface area is 272 Å². The molecule has 0 radical (unpaired) electrons. The number of carboxylic acids is 1. The van der Waals surface area contributed by atoms with E-state index in [0.29, 0.717) is 24.2 Å². The molecule has 0 bridgehead atoms. The molecule has 2 heterocycles. The molecule has 1 aliphatic rings. The third kappa shape index (κ3) is 10.8. The molecular weight excluding hydrogens is 659 g/mol. The number of aromatic nitrogens is 2. The van der Waals surface area contributed by atoms with Crippen molar-refractivity contribution in [2.75, 3.05) is 0 Å². The first-order chi connectivity index (χ1) is 22.6. The van der Waals surface area contributed by atoms with Crippen molar-refractivity contribution >= 4 is 45.1 Å². The number of aliphatic carboxylic acids is 1. The third-order valence-electron chi connectivity index (χ3n) is 6.84. The largest absolute Gasteiger partial charge is 0.490 e. The highest BCUT2D eigenvalue weighted by molar-refractivity contribution is 7.90. The lowest BCUT2D eigenvalue weighted by atomic mass is 10.0. The van der Waals surface area contributed by atoms with Gasteiger partial charge in [0.1, 0.15) is 11.1 Å². The summed E-state index contributed by atoms with van der Waals surface area (Å²) < 4.78 is 58.2. The molecule has 1 unspecified atom stereocenters. The van der Waals surface area contributed by atoms with Crippen LogP contribution in [0.3, 0.4) is 0 Å². The van der Waals surface area contributed by atoms with Crippen LogP contribution in [0.2, 0.25) is 0 Å². The van der Waals surface area contributed by atoms with Crippen LogP contribution in [0.5, 0.6) is 0 Å². The Morgan fingerprint density at radius 1 is 0.958 bits per heavy atom. The summed E-state index contributed by atoms with van der Waals surface area (Å²) in [5, 5.41) is 12.3. The number of amides is 3. The van der Waals surface area contributed by atoms with E-state index in [1.165, 1.54) is 0 Å². The fourth-order valence-corrected chi connectivity index (χ4v) is 6.18. The summed E-state index contributed by atoms with van der Waals surface area (Å²) in [7, 11) is -3.71. The molecule has 13 nitrogen and oxygen atoms in total. The summed E-state index contributed by atoms with van der Waals surface area (Å²) in [6, 6.07) is 23.8. The van der Waals surface area contributed by atoms with Crippen molar-refractivity contribution in [1.82, 2.24) is 25.3 Å². The summed E-state index contributed by atoms with van der Waals surface area (Å²) >= 11 is 0. The Bertz CT molecular complexity index is 1830. The van der Waals surface area contributed by atoms with E-state index in [1.54, 1.807) is 12.1 Å². The van der Waals surface area contributed by atoms with Crippen LogP contribution in [0.25, 0.3) is 11.0 Å². The molecule has 3 atom stereocenters. The number of imidazole rings is 1. The number of rotatable bonds is 8. The van der Waals surface area contributed by atoms with E-state index >= 15 is 0 Å². The lowest BCUT2D eigenvalue weighted by molar-refractivity contribution is -0.193. The monoisotopic (exact) mass is 689 g/mol. The first kappa shape index (κ1) is 36.9. The van der Waals surface area contributed by atoms with Crippen LogP contribution in [0.15, 0.2) is 78.9 Å². The molecule has 1 aliphatic heterocycles. The maximum absolute atomic E-state index is 13.0. The number of para-hydroxylation sites is 2. The fraction of sp³-hybridized carbons (Fsp3) is 0.258. The first-order valence-corrected chi connectivity index (χ1v) is 15.7. The number of benzene rings is 3. The number of carbonyl (C=O) groups excluding carboxylic acids is 4. The number of halogens is 3. The molecule has 0 saturated carbocycles. The Hall–Kier alpha value is -5.54. The molecule has 3 aromatic carbocycles. The predicted molar refractivity (Wildman–Crippen MR) is 163 cm³/mol. The van der Waals surface area contributed by atoms with Gasteiger partial charge in [-0.1, -0.05) is 66.7 Å². The van der Waals surface area contributed by atoms with Gasteiger partial charge >= 0.3 is 24.3 Å². The minimum absolute atomic E-state index is 0.0855. The average molecular weight is 690 g/mol. The number of alkyl halides is 3. The maximum atomic E-state index is 13.0. The molecule has 0 spiro atoms. The van der Waals surface area contributed by atoms with Crippen LogP contribution in [-0.4, -0.2) is 59.8 Å². The van der Waals surface area contributed by atoms with Crippen molar-refractivity contribution in [1.29, 1.82) is 0 Å². The normalized spacial score (nSPS) is 16.1. The van der Waals surface area contributed by atoms with Gasteiger partial charge in [0.05, 0.1) is 23.5 Å². The minimum atomic E-state index is -5.08. The predicted octanol–water partition coefficient (Wildman–Crippen LogP) is 3.72. The van der Waals surface area contributed by atoms with Crippen molar-refractivity contribution in [3.8, 4) is 0 Å². The number of nitrogens with one attached hydrogen (secondary N) is 4. The second kappa shape index (κ2) is 16.3. The number of aromatic amines is 1. The number of urea groups is 1. The number of H-pyrrole nitrogens is 1. The zero-order chi connectivity index (χ0) is 35.5. The summed E-state index contributed by atoms with van der Waals surface area (Å²) in [6.07, 6.45) is -3.80. The highest BCUT2D eigenvalue weighted by Gasteiger charge is 2.38. The SMILES string of the molecule is C[C@@H](Cc1ccccc1)NC(=O)N[C@@H](Cc1ccc(C2CC(=O)NS2(=O)=O)cc1)c1nc2ccccc2[nH]1.O=C(O)C(F)(F)F.O=C=O. The van der Waals surface area contributed by atoms with Crippen LogP contribution in [0.1, 0.15) is 47.2 Å². The van der Waals surface area contributed by atoms with Crippen molar-refractivity contribution in [3.63, 3.8) is 0 Å². The molecule has 0 aliphatic carbocycles. The molecule has 1 fully saturated rings. The van der Waals surface area contributed by atoms with Crippen molar-refractivity contribution in [3.05, 3.63) is 101 Å². The van der Waals surface area contributed by atoms with Crippen LogP contribution in [0, 0.1) is 0 Å². The van der Waals surface area contributed by atoms with Gasteiger partial charge in [-0.15, -0.1) is 0 Å². The summed E-state index contributed by atoms with van der Waals surface area (Å²) in [5.74, 6) is -2.64. The van der Waals surface area contributed by atoms with E-state index in [0.717, 1.165) is 22.2 Å². The van der Waals surface area contributed by atoms with Gasteiger partial charge < -0.3 is 20.7 Å². The van der Waals surface area contributed by atoms with Crippen LogP contribution in [0.4, 0.5) is 18.0 Å². The first-order valence-electron chi connectivity index (χ1n) is 14.1. The standard InChI is InChI=1S/C28H29N5O4S.C2HF3O2.CO2/c1-18(15-19-7-3-2-4-8-19)29-28(35)32-24(27-30-22-9-5-6-10-23(22)31-27)16-20-11-13-21(14-12-20)25-17-26(34)33-38(25,36)37;3-2(4,5)1(6)7;2-1-3/h2-14,18,24-25H,15-17H2,1H3,(H,30,31)(H,33,34)(H2,29,32,35);(H,6,7);/t18-,24-,25?;;/m0../s1. The highest BCUT2D eigenvalue weighted by Crippen LogP contribution is 2.30. The van der Waals surface area contributed by atoms with E-state index in [2.05, 4.69) is 15.6 Å². The maximum Gasteiger partial charge on any atom is 0.490 e. The van der Waals surface area contributed by atoms with Crippen molar-refractivity contribution in [2.24, 2.45) is 0 Å². The van der Waals surface area contributed by atoms with E-state index in [9.17, 15) is 31.2 Å². The summed E-state index contributed by atoms with van der Waals surface area (Å²) in [5.41, 5.74) is 4.23. The van der Waals surface area contributed by atoms with Gasteiger partial charge in [-0.25, -0.2) is 23.0 Å². The topological polar surface area (TPSA) is 204 Å². The fourth-order valence-electron chi connectivity index (χ4n) is 4.75. The number of hydrogen-bond donors (Lipinski definition) is 5. The summed E-state index contributed by atoms with van der Waals surface area (Å²) in [6.45, 7) is 1.96. The van der Waals surface area contributed by atoms with E-state index < -0.39 is 39.4 Å². The van der Waals surface area contributed by atoms with Gasteiger partial charge in [0, 0.05) is 6.04 Å². The molecule has 1 saturated heterocycles. The Morgan fingerprint density at radius 2 is 1.52 bits per heavy atom. The second-order valence-corrected chi connectivity index (χ2v) is 12.4. The molecule has 5 N–H and O–H groups in total. The van der Waals surface area contributed by atoms with Crippen LogP contribution in [-0.2, 0) is 42.0 Å². The van der Waals surface area contributed by atoms with E-state index in [1.807, 2.05) is 78.4 Å². The molecule has 5 rings (SSSR count). The molecule has 17 heteroatoms. The Balaban J connectivity index is 0.000000549. The van der Waals surface area contributed by atoms with Crippen LogP contribution >= 0.6 is 0 Å². The number of nitrogens with zero attached hydrogens (tertiary/aromatic N) is 1. The van der Waals surface area contributed by atoms with Gasteiger partial charge in [0.25, 0.3) is 0 Å². The third-order valence-corrected chi connectivity index (χ3v) is 8.54. The number of sulfonamides is 1. The lowest BCUT2D eigenvalue weighted by Gasteiger charge is -2.20. The quantitative estimate of drug-likeness (QED) is 0.183. The molecule has 48 heavy (non-hydrogen) atoms. The van der Waals surface area contributed by atoms with Gasteiger partial charge in [-0.3, -0.25) is 9.52 Å². The summed E-state index contributed by atoms with van der Waals surface area (Å²) in [4.78, 5) is 57.8. The van der Waals surface area contributed by atoms with Gasteiger partial charge in [-0.05, 0) is 48.6 Å². The number of fused-ring (bicyclic) bond motifs is 1. The zero-order valence-electron chi connectivity index (χ0n) is 25.2. The van der Waals surface area contributed by atoms with Gasteiger partial charge in [0.2, 0.25) is 15.9 Å². The van der Waals surface area contributed by atoms with Gasteiger partial charge in [-0.2, -0.15) is 22.8 Å². The average Bonchev–Trinajstić information content (AvgIpc) is 3.57. The molecule has 1 aromatic heterocycles. The lowest BCUT2D eigenvalue weighted by Crippen LogP contribution is -2.43. The Kier molecular flexibility index (Phi) is 12.6. The van der Waals surface area contributed by atoms with Crippen LogP contribution < -0.4 is 15.4 Å². The highest BCUT2D eigenvalue weighted by atomic mass is 32.2. The van der Waals surface area contributed by atoms with E-state index in [4.69, 9.17) is 24.5 Å².